The Hall–Kier alpha value is -2.38. The molecule has 1 aromatic carbocycles. The van der Waals surface area contributed by atoms with Gasteiger partial charge in [-0.3, -0.25) is 4.79 Å². The van der Waals surface area contributed by atoms with Gasteiger partial charge in [-0.25, -0.2) is 9.97 Å². The second kappa shape index (κ2) is 8.10. The van der Waals surface area contributed by atoms with Crippen LogP contribution in [0.15, 0.2) is 36.7 Å². The predicted molar refractivity (Wildman–Crippen MR) is 106 cm³/mol. The van der Waals surface area contributed by atoms with Gasteiger partial charge in [0.05, 0.1) is 23.0 Å². The number of hydrogen-bond donors (Lipinski definition) is 0. The fraction of sp³-hybridized carbons (Fsp3) is 0.400. The van der Waals surface area contributed by atoms with Crippen LogP contribution in [0.3, 0.4) is 0 Å². The molecule has 0 radical (unpaired) electrons. The van der Waals surface area contributed by atoms with Crippen LogP contribution in [0.5, 0.6) is 0 Å². The van der Waals surface area contributed by atoms with E-state index >= 15 is 0 Å². The monoisotopic (exact) mass is 382 g/mol. The molecule has 0 spiro atoms. The highest BCUT2D eigenvalue weighted by atomic mass is 32.1. The smallest absolute Gasteiger partial charge is 0.188 e. The minimum Gasteiger partial charge on any atom is -0.378 e. The summed E-state index contributed by atoms with van der Waals surface area (Å²) < 4.78 is 6.17. The number of aromatic nitrogens is 3. The third kappa shape index (κ3) is 3.84. The van der Waals surface area contributed by atoms with Crippen LogP contribution >= 0.6 is 11.3 Å². The molecule has 0 saturated carbocycles. The number of carbonyl (C=O) groups is 1. The van der Waals surface area contributed by atoms with E-state index in [1.807, 2.05) is 18.2 Å². The van der Waals surface area contributed by atoms with E-state index in [4.69, 9.17) is 4.74 Å². The number of anilines is 1. The molecular formula is C20H22N4O2S. The van der Waals surface area contributed by atoms with Gasteiger partial charge in [0.25, 0.3) is 0 Å². The standard InChI is InChI=1S/C20H22N4O2S/c1-26-12-15-18-19(22-13-21-15)23-20(27-18)24-11-5-8-16(24)17(25)10-9-14-6-3-2-4-7-14/h2-4,6-7,13,16H,5,8-12H2,1H3/t16-/m1/s1. The lowest BCUT2D eigenvalue weighted by Gasteiger charge is -2.22. The number of thiazole rings is 1. The van der Waals surface area contributed by atoms with Gasteiger partial charge < -0.3 is 9.64 Å². The molecule has 0 bridgehead atoms. The second-order valence-electron chi connectivity index (χ2n) is 6.71. The summed E-state index contributed by atoms with van der Waals surface area (Å²) in [5, 5.41) is 0.860. The van der Waals surface area contributed by atoms with Crippen molar-refractivity contribution in [2.24, 2.45) is 0 Å². The van der Waals surface area contributed by atoms with E-state index < -0.39 is 0 Å². The van der Waals surface area contributed by atoms with E-state index in [2.05, 4.69) is 32.0 Å². The van der Waals surface area contributed by atoms with Crippen molar-refractivity contribution in [2.45, 2.75) is 38.3 Å². The fourth-order valence-corrected chi connectivity index (χ4v) is 4.63. The summed E-state index contributed by atoms with van der Waals surface area (Å²) in [6.07, 6.45) is 4.76. The molecule has 27 heavy (non-hydrogen) atoms. The number of Topliss-reactive ketones (excluding diaryl/α,β-unsaturated/α-hetero) is 1. The molecule has 1 aliphatic heterocycles. The number of fused-ring (bicyclic) bond motifs is 1. The lowest BCUT2D eigenvalue weighted by Crippen LogP contribution is -2.36. The Bertz CT molecular complexity index is 928. The zero-order valence-electron chi connectivity index (χ0n) is 15.3. The fourth-order valence-electron chi connectivity index (χ4n) is 3.56. The van der Waals surface area contributed by atoms with Crippen molar-refractivity contribution in [2.75, 3.05) is 18.6 Å². The molecule has 7 heteroatoms. The largest absolute Gasteiger partial charge is 0.378 e. The Morgan fingerprint density at radius 3 is 2.96 bits per heavy atom. The van der Waals surface area contributed by atoms with Gasteiger partial charge >= 0.3 is 0 Å². The van der Waals surface area contributed by atoms with Gasteiger partial charge in [0.15, 0.2) is 16.6 Å². The number of ether oxygens (including phenoxy) is 1. The Balaban J connectivity index is 1.51. The normalized spacial score (nSPS) is 16.9. The van der Waals surface area contributed by atoms with Crippen molar-refractivity contribution in [3.05, 3.63) is 47.9 Å². The molecular weight excluding hydrogens is 360 g/mol. The zero-order chi connectivity index (χ0) is 18.6. The SMILES string of the molecule is COCc1ncnc2nc(N3CCC[C@@H]3C(=O)CCc3ccccc3)sc12. The van der Waals surface area contributed by atoms with Gasteiger partial charge in [-0.2, -0.15) is 4.98 Å². The number of nitrogens with zero attached hydrogens (tertiary/aromatic N) is 4. The van der Waals surface area contributed by atoms with Crippen LogP contribution in [-0.4, -0.2) is 40.4 Å². The summed E-state index contributed by atoms with van der Waals surface area (Å²) in [5.41, 5.74) is 2.73. The molecule has 6 nitrogen and oxygen atoms in total. The van der Waals surface area contributed by atoms with Crippen LogP contribution in [0.2, 0.25) is 0 Å². The zero-order valence-corrected chi connectivity index (χ0v) is 16.1. The van der Waals surface area contributed by atoms with Crippen molar-refractivity contribution in [1.29, 1.82) is 0 Å². The third-order valence-electron chi connectivity index (χ3n) is 4.91. The average molecular weight is 382 g/mol. The van der Waals surface area contributed by atoms with Crippen molar-refractivity contribution in [3.63, 3.8) is 0 Å². The lowest BCUT2D eigenvalue weighted by molar-refractivity contribution is -0.120. The van der Waals surface area contributed by atoms with E-state index in [0.717, 1.165) is 41.3 Å². The molecule has 1 saturated heterocycles. The molecule has 0 unspecified atom stereocenters. The van der Waals surface area contributed by atoms with Gasteiger partial charge in [-0.1, -0.05) is 41.7 Å². The first-order chi connectivity index (χ1) is 13.3. The third-order valence-corrected chi connectivity index (χ3v) is 6.04. The maximum atomic E-state index is 12.9. The number of ketones is 1. The lowest BCUT2D eigenvalue weighted by atomic mass is 10.0. The Labute approximate surface area is 162 Å². The summed E-state index contributed by atoms with van der Waals surface area (Å²) in [7, 11) is 1.65. The van der Waals surface area contributed by atoms with Crippen molar-refractivity contribution in [1.82, 2.24) is 15.0 Å². The van der Waals surface area contributed by atoms with Crippen LogP contribution in [0.4, 0.5) is 5.13 Å². The maximum absolute atomic E-state index is 12.9. The first-order valence-corrected chi connectivity index (χ1v) is 10.0. The highest BCUT2D eigenvalue weighted by Gasteiger charge is 2.32. The van der Waals surface area contributed by atoms with E-state index in [-0.39, 0.29) is 6.04 Å². The molecule has 1 fully saturated rings. The topological polar surface area (TPSA) is 68.2 Å². The van der Waals surface area contributed by atoms with Gasteiger partial charge in [-0.05, 0) is 24.8 Å². The maximum Gasteiger partial charge on any atom is 0.188 e. The number of rotatable bonds is 7. The quantitative estimate of drug-likeness (QED) is 0.624. The van der Waals surface area contributed by atoms with Crippen molar-refractivity contribution >= 4 is 32.6 Å². The molecule has 0 aliphatic carbocycles. The molecule has 2 aromatic heterocycles. The van der Waals surface area contributed by atoms with Crippen LogP contribution in [-0.2, 0) is 22.6 Å². The van der Waals surface area contributed by atoms with Gasteiger partial charge in [0.2, 0.25) is 0 Å². The molecule has 3 heterocycles. The second-order valence-corrected chi connectivity index (χ2v) is 7.68. The molecule has 140 valence electrons. The van der Waals surface area contributed by atoms with Gasteiger partial charge in [0, 0.05) is 20.1 Å². The van der Waals surface area contributed by atoms with E-state index in [1.54, 1.807) is 18.4 Å². The summed E-state index contributed by atoms with van der Waals surface area (Å²) in [6.45, 7) is 1.29. The van der Waals surface area contributed by atoms with Crippen molar-refractivity contribution < 1.29 is 9.53 Å². The summed E-state index contributed by atoms with van der Waals surface area (Å²) in [4.78, 5) is 28.3. The molecule has 3 aromatic rings. The van der Waals surface area contributed by atoms with Crippen LogP contribution in [0.1, 0.15) is 30.5 Å². The summed E-state index contributed by atoms with van der Waals surface area (Å²) in [6, 6.07) is 10.1. The van der Waals surface area contributed by atoms with E-state index in [9.17, 15) is 4.79 Å². The predicted octanol–water partition coefficient (Wildman–Crippen LogP) is 3.40. The molecule has 1 atom stereocenters. The van der Waals surface area contributed by atoms with Crippen LogP contribution in [0.25, 0.3) is 10.3 Å². The first kappa shape index (κ1) is 18.0. The Kier molecular flexibility index (Phi) is 5.40. The molecule has 4 rings (SSSR count). The molecule has 0 N–H and O–H groups in total. The van der Waals surface area contributed by atoms with Gasteiger partial charge in [0.1, 0.15) is 6.33 Å². The first-order valence-electron chi connectivity index (χ1n) is 9.19. The molecule has 1 aliphatic rings. The Morgan fingerprint density at radius 1 is 1.30 bits per heavy atom. The summed E-state index contributed by atoms with van der Waals surface area (Å²) in [5.74, 6) is 0.291. The minimum atomic E-state index is -0.0897. The van der Waals surface area contributed by atoms with Crippen LogP contribution < -0.4 is 4.90 Å². The minimum absolute atomic E-state index is 0.0897. The van der Waals surface area contributed by atoms with Crippen molar-refractivity contribution in [3.8, 4) is 0 Å². The number of methoxy groups -OCH3 is 1. The molecule has 0 amide bonds. The van der Waals surface area contributed by atoms with E-state index in [0.29, 0.717) is 24.5 Å². The summed E-state index contributed by atoms with van der Waals surface area (Å²) >= 11 is 1.55. The van der Waals surface area contributed by atoms with Crippen LogP contribution in [0, 0.1) is 0 Å². The van der Waals surface area contributed by atoms with E-state index in [1.165, 1.54) is 11.9 Å². The highest BCUT2D eigenvalue weighted by Crippen LogP contribution is 2.34. The number of benzene rings is 1. The van der Waals surface area contributed by atoms with Gasteiger partial charge in [-0.15, -0.1) is 0 Å². The Morgan fingerprint density at radius 2 is 2.15 bits per heavy atom. The number of carbonyl (C=O) groups excluding carboxylic acids is 1. The number of hydrogen-bond acceptors (Lipinski definition) is 7. The average Bonchev–Trinajstić information content (AvgIpc) is 3.34. The highest BCUT2D eigenvalue weighted by molar-refractivity contribution is 7.22. The number of aryl methyl sites for hydroxylation is 1.